The summed E-state index contributed by atoms with van der Waals surface area (Å²) in [6, 6.07) is -0.591. The van der Waals surface area contributed by atoms with Crippen molar-refractivity contribution in [1.82, 2.24) is 10.2 Å². The van der Waals surface area contributed by atoms with E-state index in [4.69, 9.17) is 4.74 Å². The first-order valence-electron chi connectivity index (χ1n) is 6.42. The third-order valence-electron chi connectivity index (χ3n) is 3.14. The van der Waals surface area contributed by atoms with Crippen LogP contribution in [0.3, 0.4) is 0 Å². The monoisotopic (exact) mass is 256 g/mol. The van der Waals surface area contributed by atoms with Gasteiger partial charge >= 0.3 is 5.97 Å². The molecule has 0 aliphatic carbocycles. The molecule has 1 rings (SSSR count). The highest BCUT2D eigenvalue weighted by atomic mass is 16.5. The van der Waals surface area contributed by atoms with Crippen molar-refractivity contribution < 1.29 is 14.3 Å². The molecule has 1 saturated heterocycles. The number of likely N-dealkylation sites (tertiary alicyclic amines) is 1. The number of carbonyl (C=O) groups excluding carboxylic acids is 2. The van der Waals surface area contributed by atoms with Gasteiger partial charge in [-0.3, -0.25) is 14.5 Å². The molecule has 1 amide bonds. The van der Waals surface area contributed by atoms with Crippen LogP contribution in [0.1, 0.15) is 40.5 Å². The first kappa shape index (κ1) is 15.0. The third kappa shape index (κ3) is 3.70. The maximum Gasteiger partial charge on any atom is 0.323 e. The van der Waals surface area contributed by atoms with E-state index < -0.39 is 0 Å². The Labute approximate surface area is 109 Å². The molecule has 0 radical (unpaired) electrons. The Morgan fingerprint density at radius 1 is 1.39 bits per heavy atom. The van der Waals surface area contributed by atoms with Crippen molar-refractivity contribution in [2.24, 2.45) is 0 Å². The van der Waals surface area contributed by atoms with Crippen LogP contribution in [0.5, 0.6) is 0 Å². The molecule has 5 heteroatoms. The molecule has 0 saturated carbocycles. The van der Waals surface area contributed by atoms with Gasteiger partial charge in [0, 0.05) is 5.54 Å². The van der Waals surface area contributed by atoms with Gasteiger partial charge in [-0.1, -0.05) is 0 Å². The van der Waals surface area contributed by atoms with Crippen LogP contribution in [0.2, 0.25) is 0 Å². The van der Waals surface area contributed by atoms with Crippen molar-refractivity contribution in [3.05, 3.63) is 0 Å². The van der Waals surface area contributed by atoms with Gasteiger partial charge in [-0.25, -0.2) is 0 Å². The Morgan fingerprint density at radius 3 is 2.50 bits per heavy atom. The van der Waals surface area contributed by atoms with Crippen molar-refractivity contribution in [2.75, 3.05) is 13.7 Å². The normalized spacial score (nSPS) is 22.6. The van der Waals surface area contributed by atoms with Gasteiger partial charge in [0.05, 0.1) is 13.2 Å². The number of esters is 1. The number of nitrogens with one attached hydrogen (secondary N) is 1. The van der Waals surface area contributed by atoms with Crippen LogP contribution >= 0.6 is 0 Å². The number of hydrogen-bond donors (Lipinski definition) is 1. The van der Waals surface area contributed by atoms with Crippen LogP contribution in [0.4, 0.5) is 0 Å². The van der Waals surface area contributed by atoms with E-state index in [-0.39, 0.29) is 29.5 Å². The van der Waals surface area contributed by atoms with Crippen molar-refractivity contribution in [1.29, 1.82) is 0 Å². The van der Waals surface area contributed by atoms with E-state index in [2.05, 4.69) is 5.32 Å². The van der Waals surface area contributed by atoms with Gasteiger partial charge in [0.1, 0.15) is 6.04 Å². The fraction of sp³-hybridized carbons (Fsp3) is 0.846. The maximum atomic E-state index is 12.1. The summed E-state index contributed by atoms with van der Waals surface area (Å²) in [7, 11) is 1.39. The summed E-state index contributed by atoms with van der Waals surface area (Å²) in [5, 5.41) is 2.94. The average molecular weight is 256 g/mol. The molecule has 1 unspecified atom stereocenters. The van der Waals surface area contributed by atoms with Gasteiger partial charge < -0.3 is 10.1 Å². The predicted octanol–water partition coefficient (Wildman–Crippen LogP) is 0.927. The quantitative estimate of drug-likeness (QED) is 0.763. The van der Waals surface area contributed by atoms with Crippen LogP contribution in [-0.4, -0.2) is 48.1 Å². The molecule has 18 heavy (non-hydrogen) atoms. The highest BCUT2D eigenvalue weighted by molar-refractivity contribution is 5.83. The van der Waals surface area contributed by atoms with E-state index in [0.717, 1.165) is 19.4 Å². The van der Waals surface area contributed by atoms with E-state index in [1.54, 1.807) is 0 Å². The second-order valence-corrected chi connectivity index (χ2v) is 5.83. The fourth-order valence-electron chi connectivity index (χ4n) is 2.27. The predicted molar refractivity (Wildman–Crippen MR) is 69.1 cm³/mol. The SMILES string of the molecule is COC(=O)[C@@H]1CCCN1C(C)C(=O)NC(C)(C)C. The lowest BCUT2D eigenvalue weighted by atomic mass is 10.1. The van der Waals surface area contributed by atoms with Crippen LogP contribution in [0.25, 0.3) is 0 Å². The van der Waals surface area contributed by atoms with E-state index in [1.807, 2.05) is 32.6 Å². The topological polar surface area (TPSA) is 58.6 Å². The molecule has 1 N–H and O–H groups in total. The number of methoxy groups -OCH3 is 1. The molecule has 1 aliphatic heterocycles. The van der Waals surface area contributed by atoms with E-state index >= 15 is 0 Å². The molecule has 2 atom stereocenters. The third-order valence-corrected chi connectivity index (χ3v) is 3.14. The summed E-state index contributed by atoms with van der Waals surface area (Å²) in [5.41, 5.74) is -0.258. The molecular formula is C13H24N2O3. The van der Waals surface area contributed by atoms with Crippen molar-refractivity contribution in [3.8, 4) is 0 Å². The van der Waals surface area contributed by atoms with Gasteiger partial charge in [-0.05, 0) is 47.1 Å². The number of amides is 1. The lowest BCUT2D eigenvalue weighted by molar-refractivity contribution is -0.147. The molecule has 5 nitrogen and oxygen atoms in total. The average Bonchev–Trinajstić information content (AvgIpc) is 2.73. The summed E-state index contributed by atoms with van der Waals surface area (Å²) in [4.78, 5) is 25.7. The van der Waals surface area contributed by atoms with Gasteiger partial charge in [0.25, 0.3) is 0 Å². The van der Waals surface area contributed by atoms with E-state index in [1.165, 1.54) is 7.11 Å². The lowest BCUT2D eigenvalue weighted by Crippen LogP contribution is -2.53. The van der Waals surface area contributed by atoms with E-state index in [0.29, 0.717) is 0 Å². The van der Waals surface area contributed by atoms with Crippen molar-refractivity contribution in [3.63, 3.8) is 0 Å². The Balaban J connectivity index is 2.68. The molecule has 0 aromatic carbocycles. The summed E-state index contributed by atoms with van der Waals surface area (Å²) in [6.45, 7) is 8.43. The van der Waals surface area contributed by atoms with Gasteiger partial charge in [-0.15, -0.1) is 0 Å². The zero-order valence-corrected chi connectivity index (χ0v) is 11.9. The highest BCUT2D eigenvalue weighted by Crippen LogP contribution is 2.21. The summed E-state index contributed by atoms with van der Waals surface area (Å²) in [6.07, 6.45) is 1.69. The van der Waals surface area contributed by atoms with Gasteiger partial charge in [0.15, 0.2) is 0 Å². The first-order chi connectivity index (χ1) is 8.26. The zero-order chi connectivity index (χ0) is 13.9. The minimum Gasteiger partial charge on any atom is -0.468 e. The number of hydrogen-bond acceptors (Lipinski definition) is 4. The van der Waals surface area contributed by atoms with Crippen LogP contribution < -0.4 is 5.32 Å². The Morgan fingerprint density at radius 2 is 2.00 bits per heavy atom. The molecule has 0 spiro atoms. The minimum absolute atomic E-state index is 0.0432. The maximum absolute atomic E-state index is 12.1. The lowest BCUT2D eigenvalue weighted by Gasteiger charge is -2.31. The second-order valence-electron chi connectivity index (χ2n) is 5.83. The van der Waals surface area contributed by atoms with Crippen LogP contribution in [0, 0.1) is 0 Å². The van der Waals surface area contributed by atoms with Crippen molar-refractivity contribution >= 4 is 11.9 Å². The second kappa shape index (κ2) is 5.69. The van der Waals surface area contributed by atoms with Crippen molar-refractivity contribution in [2.45, 2.75) is 58.2 Å². The highest BCUT2D eigenvalue weighted by Gasteiger charge is 2.37. The Bertz CT molecular complexity index is 323. The van der Waals surface area contributed by atoms with Gasteiger partial charge in [0.2, 0.25) is 5.91 Å². The molecular weight excluding hydrogens is 232 g/mol. The van der Waals surface area contributed by atoms with Crippen LogP contribution in [0.15, 0.2) is 0 Å². The molecule has 1 fully saturated rings. The Hall–Kier alpha value is -1.10. The first-order valence-corrected chi connectivity index (χ1v) is 6.42. The standard InChI is InChI=1S/C13H24N2O3/c1-9(11(16)14-13(2,3)4)15-8-6-7-10(15)12(17)18-5/h9-10H,6-8H2,1-5H3,(H,14,16)/t9?,10-/m0/s1. The molecule has 0 aromatic rings. The Kier molecular flexibility index (Phi) is 4.73. The largest absolute Gasteiger partial charge is 0.468 e. The fourth-order valence-corrected chi connectivity index (χ4v) is 2.27. The number of nitrogens with zero attached hydrogens (tertiary/aromatic N) is 1. The number of ether oxygens (including phenoxy) is 1. The molecule has 1 heterocycles. The molecule has 0 aromatic heterocycles. The number of rotatable bonds is 3. The molecule has 1 aliphatic rings. The van der Waals surface area contributed by atoms with Crippen LogP contribution in [-0.2, 0) is 14.3 Å². The summed E-state index contributed by atoms with van der Waals surface area (Å²) < 4.78 is 4.78. The molecule has 104 valence electrons. The smallest absolute Gasteiger partial charge is 0.323 e. The van der Waals surface area contributed by atoms with E-state index in [9.17, 15) is 9.59 Å². The summed E-state index contributed by atoms with van der Waals surface area (Å²) >= 11 is 0. The minimum atomic E-state index is -0.309. The summed E-state index contributed by atoms with van der Waals surface area (Å²) in [5.74, 6) is -0.291. The molecule has 0 bridgehead atoms. The zero-order valence-electron chi connectivity index (χ0n) is 11.9. The van der Waals surface area contributed by atoms with Gasteiger partial charge in [-0.2, -0.15) is 0 Å². The number of carbonyl (C=O) groups is 2.